The maximum absolute atomic E-state index is 11.8. The fraction of sp³-hybridized carbons (Fsp3) is 0.429. The van der Waals surface area contributed by atoms with Crippen molar-refractivity contribution in [3.8, 4) is 0 Å². The topological polar surface area (TPSA) is 57.8 Å². The first-order chi connectivity index (χ1) is 9.10. The van der Waals surface area contributed by atoms with Gasteiger partial charge in [-0.05, 0) is 38.0 Å². The Labute approximate surface area is 117 Å². The Bertz CT molecular complexity index is 579. The molecule has 1 aromatic carbocycles. The zero-order valence-corrected chi connectivity index (χ0v) is 12.3. The molecule has 0 bridgehead atoms. The number of H-pyrrole nitrogens is 1. The van der Waals surface area contributed by atoms with Crippen molar-refractivity contribution in [2.75, 3.05) is 6.54 Å². The summed E-state index contributed by atoms with van der Waals surface area (Å²) in [6.45, 7) is 6.71. The maximum atomic E-state index is 11.8. The number of aryl methyl sites for hydroxylation is 1. The van der Waals surface area contributed by atoms with E-state index in [-0.39, 0.29) is 11.2 Å². The van der Waals surface area contributed by atoms with Gasteiger partial charge < -0.3 is 10.3 Å². The number of fused-ring (bicyclic) bond motifs is 1. The lowest BCUT2D eigenvalue weighted by molar-refractivity contribution is -0.120. The molecule has 1 unspecified atom stereocenters. The molecule has 0 radical (unpaired) electrons. The summed E-state index contributed by atoms with van der Waals surface area (Å²) in [7, 11) is 0. The number of carbonyl (C=O) groups excluding carboxylic acids is 1. The van der Waals surface area contributed by atoms with E-state index in [1.807, 2.05) is 32.9 Å². The Balaban J connectivity index is 2.06. The molecule has 0 fully saturated rings. The molecule has 0 aliphatic rings. The molecule has 0 saturated heterocycles. The summed E-state index contributed by atoms with van der Waals surface area (Å²) in [5.74, 6) is 0.0588. The molecule has 2 aromatic rings. The van der Waals surface area contributed by atoms with Crippen molar-refractivity contribution in [1.29, 1.82) is 0 Å². The fourth-order valence-electron chi connectivity index (χ4n) is 1.77. The van der Waals surface area contributed by atoms with E-state index in [1.165, 1.54) is 17.3 Å². The minimum Gasteiger partial charge on any atom is -0.355 e. The molecule has 2 N–H and O–H groups in total. The number of amides is 1. The van der Waals surface area contributed by atoms with Gasteiger partial charge >= 0.3 is 0 Å². The Morgan fingerprint density at radius 1 is 1.53 bits per heavy atom. The lowest BCUT2D eigenvalue weighted by atomic mass is 10.2. The molecule has 19 heavy (non-hydrogen) atoms. The number of imidazole rings is 1. The minimum absolute atomic E-state index is 0.0588. The van der Waals surface area contributed by atoms with Crippen LogP contribution in [-0.2, 0) is 4.79 Å². The van der Waals surface area contributed by atoms with E-state index < -0.39 is 0 Å². The van der Waals surface area contributed by atoms with Crippen molar-refractivity contribution in [1.82, 2.24) is 15.3 Å². The molecule has 0 saturated carbocycles. The summed E-state index contributed by atoms with van der Waals surface area (Å²) in [6.07, 6.45) is 0.951. The molecule has 102 valence electrons. The van der Waals surface area contributed by atoms with Crippen LogP contribution in [0.4, 0.5) is 0 Å². The van der Waals surface area contributed by atoms with Crippen molar-refractivity contribution in [2.24, 2.45) is 0 Å². The molecule has 5 heteroatoms. The van der Waals surface area contributed by atoms with Crippen LogP contribution in [-0.4, -0.2) is 27.7 Å². The molecule has 0 aliphatic heterocycles. The van der Waals surface area contributed by atoms with Crippen LogP contribution in [0.2, 0.25) is 0 Å². The van der Waals surface area contributed by atoms with Crippen molar-refractivity contribution in [3.05, 3.63) is 23.8 Å². The number of benzene rings is 1. The van der Waals surface area contributed by atoms with Crippen molar-refractivity contribution in [2.45, 2.75) is 37.6 Å². The quantitative estimate of drug-likeness (QED) is 0.826. The third-order valence-electron chi connectivity index (χ3n) is 2.82. The standard InChI is InChI=1S/C14H19N3OS/c1-4-7-15-13(18)10(3)19-14-16-11-6-5-9(2)8-12(11)17-14/h5-6,8,10H,4,7H2,1-3H3,(H,15,18)(H,16,17). The monoisotopic (exact) mass is 277 g/mol. The summed E-state index contributed by atoms with van der Waals surface area (Å²) in [6, 6.07) is 6.09. The molecule has 4 nitrogen and oxygen atoms in total. The highest BCUT2D eigenvalue weighted by molar-refractivity contribution is 8.00. The number of aromatic amines is 1. The van der Waals surface area contributed by atoms with Crippen LogP contribution in [0.1, 0.15) is 25.8 Å². The first-order valence-electron chi connectivity index (χ1n) is 6.51. The van der Waals surface area contributed by atoms with Gasteiger partial charge in [0, 0.05) is 6.54 Å². The zero-order chi connectivity index (χ0) is 13.8. The van der Waals surface area contributed by atoms with Gasteiger partial charge in [-0.2, -0.15) is 0 Å². The van der Waals surface area contributed by atoms with Gasteiger partial charge in [-0.25, -0.2) is 4.98 Å². The summed E-state index contributed by atoms with van der Waals surface area (Å²) in [5.41, 5.74) is 3.15. The zero-order valence-electron chi connectivity index (χ0n) is 11.5. The van der Waals surface area contributed by atoms with Crippen LogP contribution in [0.5, 0.6) is 0 Å². The Hall–Kier alpha value is -1.49. The predicted octanol–water partition coefficient (Wildman–Crippen LogP) is 2.88. The van der Waals surface area contributed by atoms with E-state index in [1.54, 1.807) is 0 Å². The van der Waals surface area contributed by atoms with E-state index in [0.29, 0.717) is 0 Å². The second-order valence-electron chi connectivity index (χ2n) is 4.61. The highest BCUT2D eigenvalue weighted by Gasteiger charge is 2.15. The van der Waals surface area contributed by atoms with Crippen LogP contribution in [0.25, 0.3) is 11.0 Å². The predicted molar refractivity (Wildman–Crippen MR) is 79.5 cm³/mol. The summed E-state index contributed by atoms with van der Waals surface area (Å²) >= 11 is 1.46. The number of nitrogens with one attached hydrogen (secondary N) is 2. The highest BCUT2D eigenvalue weighted by atomic mass is 32.2. The van der Waals surface area contributed by atoms with E-state index in [9.17, 15) is 4.79 Å². The first-order valence-corrected chi connectivity index (χ1v) is 7.39. The minimum atomic E-state index is -0.145. The first kappa shape index (κ1) is 13.9. The van der Waals surface area contributed by atoms with Crippen LogP contribution in [0.3, 0.4) is 0 Å². The lowest BCUT2D eigenvalue weighted by Crippen LogP contribution is -2.31. The van der Waals surface area contributed by atoms with Crippen molar-refractivity contribution >= 4 is 28.7 Å². The second-order valence-corrected chi connectivity index (χ2v) is 5.94. The van der Waals surface area contributed by atoms with Crippen LogP contribution < -0.4 is 5.32 Å². The average Bonchev–Trinajstić information content (AvgIpc) is 2.77. The molecular formula is C14H19N3OS. The number of rotatable bonds is 5. The van der Waals surface area contributed by atoms with E-state index in [0.717, 1.165) is 29.2 Å². The normalized spacial score (nSPS) is 12.6. The molecule has 1 amide bonds. The number of aromatic nitrogens is 2. The molecule has 0 aliphatic carbocycles. The summed E-state index contributed by atoms with van der Waals surface area (Å²) in [4.78, 5) is 19.5. The lowest BCUT2D eigenvalue weighted by Gasteiger charge is -2.09. The Morgan fingerprint density at radius 2 is 2.32 bits per heavy atom. The molecule has 1 heterocycles. The number of hydrogen-bond donors (Lipinski definition) is 2. The molecule has 0 spiro atoms. The third-order valence-corrected chi connectivity index (χ3v) is 3.81. The number of hydrogen-bond acceptors (Lipinski definition) is 3. The number of thioether (sulfide) groups is 1. The molecular weight excluding hydrogens is 258 g/mol. The van der Waals surface area contributed by atoms with Gasteiger partial charge in [0.2, 0.25) is 5.91 Å². The van der Waals surface area contributed by atoms with Crippen LogP contribution in [0.15, 0.2) is 23.4 Å². The Kier molecular flexibility index (Phi) is 4.47. The molecule has 2 rings (SSSR count). The summed E-state index contributed by atoms with van der Waals surface area (Å²) in [5, 5.41) is 3.54. The maximum Gasteiger partial charge on any atom is 0.233 e. The van der Waals surface area contributed by atoms with Crippen LogP contribution in [0, 0.1) is 6.92 Å². The van der Waals surface area contributed by atoms with Crippen molar-refractivity contribution in [3.63, 3.8) is 0 Å². The molecule has 1 atom stereocenters. The SMILES string of the molecule is CCCNC(=O)C(C)Sc1nc2ccc(C)cc2[nH]1. The van der Waals surface area contributed by atoms with Gasteiger partial charge in [-0.3, -0.25) is 4.79 Å². The number of nitrogens with zero attached hydrogens (tertiary/aromatic N) is 1. The van der Waals surface area contributed by atoms with Crippen molar-refractivity contribution < 1.29 is 4.79 Å². The van der Waals surface area contributed by atoms with Gasteiger partial charge in [0.25, 0.3) is 0 Å². The fourth-order valence-corrected chi connectivity index (χ4v) is 2.61. The van der Waals surface area contributed by atoms with Gasteiger partial charge in [0.05, 0.1) is 16.3 Å². The van der Waals surface area contributed by atoms with Gasteiger partial charge in [0.15, 0.2) is 5.16 Å². The van der Waals surface area contributed by atoms with E-state index in [2.05, 4.69) is 21.4 Å². The number of carbonyl (C=O) groups is 1. The van der Waals surface area contributed by atoms with E-state index >= 15 is 0 Å². The van der Waals surface area contributed by atoms with Gasteiger partial charge in [-0.1, -0.05) is 24.8 Å². The Morgan fingerprint density at radius 3 is 3.05 bits per heavy atom. The smallest absolute Gasteiger partial charge is 0.233 e. The molecule has 1 aromatic heterocycles. The van der Waals surface area contributed by atoms with Gasteiger partial charge in [-0.15, -0.1) is 0 Å². The van der Waals surface area contributed by atoms with Gasteiger partial charge in [0.1, 0.15) is 0 Å². The largest absolute Gasteiger partial charge is 0.355 e. The average molecular weight is 277 g/mol. The highest BCUT2D eigenvalue weighted by Crippen LogP contribution is 2.23. The summed E-state index contributed by atoms with van der Waals surface area (Å²) < 4.78 is 0. The van der Waals surface area contributed by atoms with Crippen LogP contribution >= 0.6 is 11.8 Å². The third kappa shape index (κ3) is 3.50. The second kappa shape index (κ2) is 6.10. The van der Waals surface area contributed by atoms with E-state index in [4.69, 9.17) is 0 Å².